The van der Waals surface area contributed by atoms with E-state index in [9.17, 15) is 19.5 Å². The second-order valence-corrected chi connectivity index (χ2v) is 9.79. The minimum Gasteiger partial charge on any atom is -0.545 e. The van der Waals surface area contributed by atoms with Gasteiger partial charge in [0.05, 0.1) is 31.1 Å². The van der Waals surface area contributed by atoms with E-state index in [-0.39, 0.29) is 47.2 Å². The van der Waals surface area contributed by atoms with Crippen LogP contribution in [0.2, 0.25) is 0 Å². The van der Waals surface area contributed by atoms with Gasteiger partial charge in [-0.25, -0.2) is 0 Å². The number of carbonyl (C=O) groups is 2. The fourth-order valence-corrected chi connectivity index (χ4v) is 5.30. The summed E-state index contributed by atoms with van der Waals surface area (Å²) in [6.07, 6.45) is 3.69. The van der Waals surface area contributed by atoms with Crippen molar-refractivity contribution in [2.45, 2.75) is 38.0 Å². The summed E-state index contributed by atoms with van der Waals surface area (Å²) in [5, 5.41) is 18.9. The molecule has 5 rings (SSSR count). The number of thiocarbonyl (C=S) groups is 1. The highest BCUT2D eigenvalue weighted by Crippen LogP contribution is 2.42. The van der Waals surface area contributed by atoms with E-state index in [4.69, 9.17) is 26.1 Å². The molecule has 0 bridgehead atoms. The third-order valence-corrected chi connectivity index (χ3v) is 6.87. The minimum absolute atomic E-state index is 0.00561. The van der Waals surface area contributed by atoms with E-state index in [2.05, 4.69) is 10.6 Å². The number of nitrogens with one attached hydrogen (secondary N) is 2. The highest BCUT2D eigenvalue weighted by Gasteiger charge is 2.33. The fraction of sp³-hybridized carbons (Fsp3) is 0.286. The molecule has 9 nitrogen and oxygen atoms in total. The molecule has 196 valence electrons. The lowest BCUT2D eigenvalue weighted by Gasteiger charge is -2.23. The van der Waals surface area contributed by atoms with Crippen molar-refractivity contribution in [3.05, 3.63) is 69.6 Å². The zero-order chi connectivity index (χ0) is 27.0. The molecule has 1 aromatic rings. The average molecular weight is 534 g/mol. The Balaban J connectivity index is 1.51. The second-order valence-electron chi connectivity index (χ2n) is 9.38. The summed E-state index contributed by atoms with van der Waals surface area (Å²) in [7, 11) is 1.61. The molecule has 0 unspecified atom stereocenters. The van der Waals surface area contributed by atoms with Gasteiger partial charge in [0.2, 0.25) is 0 Å². The molecule has 0 radical (unpaired) electrons. The quantitative estimate of drug-likeness (QED) is 0.456. The van der Waals surface area contributed by atoms with Gasteiger partial charge in [-0.05, 0) is 67.5 Å². The molecule has 1 saturated heterocycles. The summed E-state index contributed by atoms with van der Waals surface area (Å²) >= 11 is 5.49. The van der Waals surface area contributed by atoms with Crippen LogP contribution in [0.25, 0.3) is 28.5 Å². The van der Waals surface area contributed by atoms with Crippen LogP contribution in [0, 0.1) is 0 Å². The van der Waals surface area contributed by atoms with Gasteiger partial charge < -0.3 is 34.4 Å². The Morgan fingerprint density at radius 1 is 1.16 bits per heavy atom. The zero-order valence-corrected chi connectivity index (χ0v) is 21.6. The number of allylic oxidation sites excluding steroid dienone is 1. The largest absolute Gasteiger partial charge is 0.545 e. The Bertz CT molecular complexity index is 1490. The van der Waals surface area contributed by atoms with Gasteiger partial charge in [0, 0.05) is 41.1 Å². The highest BCUT2D eigenvalue weighted by molar-refractivity contribution is 7.80. The number of carboxylic acids is 1. The molecule has 1 aromatic carbocycles. The molecule has 1 fully saturated rings. The van der Waals surface area contributed by atoms with Crippen LogP contribution in [0.4, 0.5) is 5.69 Å². The number of benzene rings is 2. The summed E-state index contributed by atoms with van der Waals surface area (Å²) in [6.45, 7) is 2.40. The fourth-order valence-electron chi connectivity index (χ4n) is 5.03. The van der Waals surface area contributed by atoms with E-state index in [1.165, 1.54) is 24.3 Å². The van der Waals surface area contributed by atoms with Crippen LogP contribution in [0.15, 0.2) is 51.7 Å². The summed E-state index contributed by atoms with van der Waals surface area (Å²) in [4.78, 5) is 36.4. The van der Waals surface area contributed by atoms with Crippen molar-refractivity contribution in [3.63, 3.8) is 0 Å². The van der Waals surface area contributed by atoms with Crippen molar-refractivity contribution in [2.75, 3.05) is 19.0 Å². The van der Waals surface area contributed by atoms with Gasteiger partial charge in [-0.3, -0.25) is 9.59 Å². The van der Waals surface area contributed by atoms with Gasteiger partial charge in [-0.2, -0.15) is 0 Å². The van der Waals surface area contributed by atoms with Crippen molar-refractivity contribution in [2.24, 2.45) is 0 Å². The lowest BCUT2D eigenvalue weighted by atomic mass is 9.86. The van der Waals surface area contributed by atoms with Crippen molar-refractivity contribution in [1.29, 1.82) is 0 Å². The van der Waals surface area contributed by atoms with E-state index in [0.29, 0.717) is 45.4 Å². The number of methoxy groups -OCH3 is 1. The van der Waals surface area contributed by atoms with Crippen LogP contribution in [0.5, 0.6) is 0 Å². The third kappa shape index (κ3) is 5.10. The number of carboxylic acid groups (broad SMARTS) is 1. The van der Waals surface area contributed by atoms with Crippen molar-refractivity contribution in [3.8, 4) is 22.5 Å². The first-order valence-corrected chi connectivity index (χ1v) is 12.5. The molecule has 2 N–H and O–H groups in total. The maximum absolute atomic E-state index is 12.3. The number of rotatable bonds is 6. The molecule has 0 amide bonds. The number of hydrogen-bond acceptors (Lipinski definition) is 8. The molecular formula is C28H25N2O7S-. The topological polar surface area (TPSA) is 130 Å². The molecule has 38 heavy (non-hydrogen) atoms. The maximum atomic E-state index is 12.3. The number of carbonyl (C=O) groups excluding carboxylic acids is 2. The Labute approximate surface area is 223 Å². The number of fused-ring (bicyclic) bond motifs is 2. The first-order valence-electron chi connectivity index (χ1n) is 12.1. The summed E-state index contributed by atoms with van der Waals surface area (Å²) < 4.78 is 17.0. The van der Waals surface area contributed by atoms with E-state index in [1.807, 2.05) is 6.92 Å². The van der Waals surface area contributed by atoms with E-state index in [0.717, 1.165) is 6.42 Å². The Hall–Kier alpha value is -3.86. The molecule has 4 aliphatic rings. The Morgan fingerprint density at radius 3 is 2.71 bits per heavy atom. The van der Waals surface area contributed by atoms with Crippen LogP contribution in [0.3, 0.4) is 0 Å². The SMILES string of the molecule is COC[C@H]1O[C@@H](C)C[C@@H]1NC(=S)Nc1ccc(-c2c3ccc(=O)cc-3oc3c2C=CC(=O)C3)c(C(=O)[O-])c1. The predicted molar refractivity (Wildman–Crippen MR) is 143 cm³/mol. The van der Waals surface area contributed by atoms with E-state index >= 15 is 0 Å². The molecule has 0 aromatic heterocycles. The van der Waals surface area contributed by atoms with Gasteiger partial charge >= 0.3 is 0 Å². The number of hydrogen-bond donors (Lipinski definition) is 2. The predicted octanol–water partition coefficient (Wildman–Crippen LogP) is 2.39. The van der Waals surface area contributed by atoms with Gasteiger partial charge in [-0.15, -0.1) is 0 Å². The van der Waals surface area contributed by atoms with Crippen LogP contribution >= 0.6 is 12.2 Å². The van der Waals surface area contributed by atoms with Gasteiger partial charge in [0.25, 0.3) is 0 Å². The van der Waals surface area contributed by atoms with Crippen LogP contribution < -0.4 is 21.2 Å². The molecule has 0 spiro atoms. The van der Waals surface area contributed by atoms with Crippen molar-refractivity contribution < 1.29 is 28.6 Å². The van der Waals surface area contributed by atoms with Crippen LogP contribution in [-0.4, -0.2) is 48.8 Å². The standard InChI is InChI=1S/C28H26N2O7S/c1-14-9-22(25(36-14)13-35-2)30-28(38)29-15-3-6-18(21(10-15)27(33)34)26-19-7-4-16(31)11-23(19)37-24-12-17(32)5-8-20(24)26/h3-8,10-11,14,22,25H,9,12-13H2,1-2H3,(H,33,34)(H2,29,30,38)/p-1/t14-,22-,25+/m0/s1. The normalized spacial score (nSPS) is 20.4. The van der Waals surface area contributed by atoms with Gasteiger partial charge in [-0.1, -0.05) is 6.07 Å². The molecule has 2 heterocycles. The lowest BCUT2D eigenvalue weighted by Crippen LogP contribution is -2.44. The summed E-state index contributed by atoms with van der Waals surface area (Å²) in [5.74, 6) is -0.911. The van der Waals surface area contributed by atoms with Gasteiger partial charge in [0.15, 0.2) is 16.3 Å². The number of ketones is 1. The highest BCUT2D eigenvalue weighted by atomic mass is 32.1. The first-order chi connectivity index (χ1) is 18.2. The molecule has 3 atom stereocenters. The van der Waals surface area contributed by atoms with E-state index in [1.54, 1.807) is 31.4 Å². The number of aromatic carboxylic acids is 1. The van der Waals surface area contributed by atoms with E-state index < -0.39 is 5.97 Å². The maximum Gasteiger partial charge on any atom is 0.182 e. The first kappa shape index (κ1) is 25.8. The average Bonchev–Trinajstić information content (AvgIpc) is 3.20. The second kappa shape index (κ2) is 10.5. The zero-order valence-electron chi connectivity index (χ0n) is 20.7. The number of ether oxygens (including phenoxy) is 2. The monoisotopic (exact) mass is 533 g/mol. The number of anilines is 1. The summed E-state index contributed by atoms with van der Waals surface area (Å²) in [5.41, 5.74) is 2.13. The van der Waals surface area contributed by atoms with Gasteiger partial charge in [0.1, 0.15) is 17.6 Å². The molecule has 0 saturated carbocycles. The third-order valence-electron chi connectivity index (χ3n) is 6.65. The molecule has 2 aliphatic carbocycles. The van der Waals surface area contributed by atoms with Crippen molar-refractivity contribution in [1.82, 2.24) is 5.32 Å². The lowest BCUT2D eigenvalue weighted by molar-refractivity contribution is -0.254. The van der Waals surface area contributed by atoms with Crippen molar-refractivity contribution >= 4 is 40.8 Å². The van der Waals surface area contributed by atoms with Crippen LogP contribution in [-0.2, 0) is 20.7 Å². The molecule has 10 heteroatoms. The summed E-state index contributed by atoms with van der Waals surface area (Å²) in [6, 6.07) is 9.04. The van der Waals surface area contributed by atoms with Crippen LogP contribution in [0.1, 0.15) is 35.0 Å². The smallest absolute Gasteiger partial charge is 0.182 e. The minimum atomic E-state index is -1.39. The molecule has 2 aliphatic heterocycles. The Kier molecular flexibility index (Phi) is 7.11. The molecular weight excluding hydrogens is 508 g/mol. The Morgan fingerprint density at radius 2 is 1.95 bits per heavy atom.